The summed E-state index contributed by atoms with van der Waals surface area (Å²) in [5.74, 6) is -0.384. The largest absolute Gasteiger partial charge is 0.465 e. The number of thiazole rings is 1. The first-order chi connectivity index (χ1) is 11.7. The summed E-state index contributed by atoms with van der Waals surface area (Å²) in [4.78, 5) is 16.8. The van der Waals surface area contributed by atoms with Crippen molar-refractivity contribution in [2.24, 2.45) is 0 Å². The van der Waals surface area contributed by atoms with Gasteiger partial charge in [0.1, 0.15) is 5.01 Å². The fraction of sp³-hybridized carbons (Fsp3) is 0.100. The molecule has 0 aliphatic carbocycles. The van der Waals surface area contributed by atoms with Crippen LogP contribution in [-0.2, 0) is 9.53 Å². The van der Waals surface area contributed by atoms with Gasteiger partial charge in [-0.2, -0.15) is 0 Å². The molecule has 3 aromatic rings. The van der Waals surface area contributed by atoms with Crippen molar-refractivity contribution in [2.75, 3.05) is 7.11 Å². The van der Waals surface area contributed by atoms with E-state index in [1.165, 1.54) is 18.4 Å². The van der Waals surface area contributed by atoms with Crippen LogP contribution in [0.25, 0.3) is 22.9 Å². The number of aryl methyl sites for hydroxylation is 1. The van der Waals surface area contributed by atoms with E-state index in [0.717, 1.165) is 22.4 Å². The average molecular weight is 335 g/mol. The monoisotopic (exact) mass is 335 g/mol. The maximum Gasteiger partial charge on any atom is 0.340 e. The van der Waals surface area contributed by atoms with Gasteiger partial charge in [0.2, 0.25) is 0 Å². The summed E-state index contributed by atoms with van der Waals surface area (Å²) in [6.45, 7) is 2.02. The molecule has 3 rings (SSSR count). The predicted octanol–water partition coefficient (Wildman–Crippen LogP) is 4.83. The van der Waals surface area contributed by atoms with Crippen molar-refractivity contribution < 1.29 is 9.53 Å². The standard InChI is InChI=1S/C20H17NO2S/c1-14-7-6-8-15(11-14)12-17(20(22)23-2)19-21-18(13-24-19)16-9-4-3-5-10-16/h3-13H,1-2H3/b17-12-. The molecule has 0 amide bonds. The number of rotatable bonds is 4. The summed E-state index contributed by atoms with van der Waals surface area (Å²) >= 11 is 1.44. The minimum absolute atomic E-state index is 0.384. The Morgan fingerprint density at radius 3 is 2.62 bits per heavy atom. The second kappa shape index (κ2) is 7.23. The summed E-state index contributed by atoms with van der Waals surface area (Å²) in [5.41, 5.74) is 4.44. The van der Waals surface area contributed by atoms with Gasteiger partial charge in [0, 0.05) is 10.9 Å². The van der Waals surface area contributed by atoms with Crippen LogP contribution in [0.3, 0.4) is 0 Å². The Kier molecular flexibility index (Phi) is 4.87. The van der Waals surface area contributed by atoms with Crippen molar-refractivity contribution in [1.29, 1.82) is 0 Å². The Bertz CT molecular complexity index is 881. The minimum Gasteiger partial charge on any atom is -0.465 e. The van der Waals surface area contributed by atoms with Gasteiger partial charge < -0.3 is 4.74 Å². The maximum atomic E-state index is 12.2. The van der Waals surface area contributed by atoms with Crippen LogP contribution in [0.4, 0.5) is 0 Å². The van der Waals surface area contributed by atoms with E-state index in [2.05, 4.69) is 4.98 Å². The van der Waals surface area contributed by atoms with Crippen molar-refractivity contribution in [3.05, 3.63) is 76.1 Å². The zero-order valence-electron chi connectivity index (χ0n) is 13.5. The molecular formula is C20H17NO2S. The van der Waals surface area contributed by atoms with Gasteiger partial charge in [-0.1, -0.05) is 60.2 Å². The topological polar surface area (TPSA) is 39.2 Å². The second-order valence-electron chi connectivity index (χ2n) is 5.37. The summed E-state index contributed by atoms with van der Waals surface area (Å²) in [5, 5.41) is 2.61. The summed E-state index contributed by atoms with van der Waals surface area (Å²) in [6, 6.07) is 17.9. The average Bonchev–Trinajstić information content (AvgIpc) is 3.09. The molecular weight excluding hydrogens is 318 g/mol. The summed E-state index contributed by atoms with van der Waals surface area (Å²) in [6.07, 6.45) is 1.83. The van der Waals surface area contributed by atoms with Crippen LogP contribution < -0.4 is 0 Å². The van der Waals surface area contributed by atoms with Crippen LogP contribution in [-0.4, -0.2) is 18.1 Å². The third-order valence-electron chi connectivity index (χ3n) is 3.56. The number of nitrogens with zero attached hydrogens (tertiary/aromatic N) is 1. The number of methoxy groups -OCH3 is 1. The highest BCUT2D eigenvalue weighted by Crippen LogP contribution is 2.28. The van der Waals surface area contributed by atoms with Gasteiger partial charge in [-0.15, -0.1) is 11.3 Å². The smallest absolute Gasteiger partial charge is 0.340 e. The van der Waals surface area contributed by atoms with Crippen molar-refractivity contribution in [3.63, 3.8) is 0 Å². The van der Waals surface area contributed by atoms with Gasteiger partial charge in [0.25, 0.3) is 0 Å². The highest BCUT2D eigenvalue weighted by molar-refractivity contribution is 7.11. The van der Waals surface area contributed by atoms with Crippen LogP contribution in [0.15, 0.2) is 60.0 Å². The van der Waals surface area contributed by atoms with Crippen LogP contribution in [0, 0.1) is 6.92 Å². The first-order valence-corrected chi connectivity index (χ1v) is 8.43. The second-order valence-corrected chi connectivity index (χ2v) is 6.23. The van der Waals surface area contributed by atoms with Gasteiger partial charge in [0.15, 0.2) is 0 Å². The molecule has 0 unspecified atom stereocenters. The predicted molar refractivity (Wildman–Crippen MR) is 98.6 cm³/mol. The number of hydrogen-bond donors (Lipinski definition) is 0. The van der Waals surface area contributed by atoms with Crippen molar-refractivity contribution in [1.82, 2.24) is 4.98 Å². The van der Waals surface area contributed by atoms with Crippen LogP contribution >= 0.6 is 11.3 Å². The molecule has 0 aliphatic heterocycles. The lowest BCUT2D eigenvalue weighted by molar-refractivity contribution is -0.133. The van der Waals surface area contributed by atoms with E-state index in [1.54, 1.807) is 0 Å². The fourth-order valence-corrected chi connectivity index (χ4v) is 3.22. The summed E-state index contributed by atoms with van der Waals surface area (Å²) < 4.78 is 4.94. The fourth-order valence-electron chi connectivity index (χ4n) is 2.38. The Labute approximate surface area is 145 Å². The lowest BCUT2D eigenvalue weighted by Crippen LogP contribution is -2.03. The molecule has 0 radical (unpaired) electrons. The Morgan fingerprint density at radius 1 is 1.12 bits per heavy atom. The van der Waals surface area contributed by atoms with Gasteiger partial charge in [-0.25, -0.2) is 9.78 Å². The van der Waals surface area contributed by atoms with Gasteiger partial charge >= 0.3 is 5.97 Å². The maximum absolute atomic E-state index is 12.2. The lowest BCUT2D eigenvalue weighted by atomic mass is 10.1. The van der Waals surface area contributed by atoms with Gasteiger partial charge in [-0.3, -0.25) is 0 Å². The molecule has 0 saturated carbocycles. The molecule has 0 atom stereocenters. The highest BCUT2D eigenvalue weighted by Gasteiger charge is 2.17. The minimum atomic E-state index is -0.384. The van der Waals surface area contributed by atoms with Crippen LogP contribution in [0.2, 0.25) is 0 Å². The first kappa shape index (κ1) is 16.1. The normalized spacial score (nSPS) is 11.3. The zero-order chi connectivity index (χ0) is 16.9. The number of carbonyl (C=O) groups is 1. The molecule has 2 aromatic carbocycles. The molecule has 0 fully saturated rings. The molecule has 0 spiro atoms. The molecule has 4 heteroatoms. The highest BCUT2D eigenvalue weighted by atomic mass is 32.1. The lowest BCUT2D eigenvalue weighted by Gasteiger charge is -2.03. The number of esters is 1. The number of aromatic nitrogens is 1. The Balaban J connectivity index is 2.01. The molecule has 0 N–H and O–H groups in total. The third kappa shape index (κ3) is 3.60. The van der Waals surface area contributed by atoms with E-state index in [0.29, 0.717) is 10.6 Å². The third-order valence-corrected chi connectivity index (χ3v) is 4.44. The number of hydrogen-bond acceptors (Lipinski definition) is 4. The van der Waals surface area contributed by atoms with E-state index in [9.17, 15) is 4.79 Å². The first-order valence-electron chi connectivity index (χ1n) is 7.55. The number of ether oxygens (including phenoxy) is 1. The van der Waals surface area contributed by atoms with Gasteiger partial charge in [0.05, 0.1) is 18.4 Å². The van der Waals surface area contributed by atoms with Crippen molar-refractivity contribution in [2.45, 2.75) is 6.92 Å². The van der Waals surface area contributed by atoms with Gasteiger partial charge in [-0.05, 0) is 18.6 Å². The number of benzene rings is 2. The Morgan fingerprint density at radius 2 is 1.92 bits per heavy atom. The molecule has 0 saturated heterocycles. The molecule has 0 bridgehead atoms. The number of carbonyl (C=O) groups excluding carboxylic acids is 1. The van der Waals surface area contributed by atoms with E-state index < -0.39 is 0 Å². The van der Waals surface area contributed by atoms with E-state index in [1.807, 2.05) is 73.0 Å². The van der Waals surface area contributed by atoms with Crippen molar-refractivity contribution in [3.8, 4) is 11.3 Å². The van der Waals surface area contributed by atoms with Crippen molar-refractivity contribution >= 4 is 29.0 Å². The molecule has 24 heavy (non-hydrogen) atoms. The SMILES string of the molecule is COC(=O)/C(=C\c1cccc(C)c1)c1nc(-c2ccccc2)cs1. The zero-order valence-corrected chi connectivity index (χ0v) is 14.3. The molecule has 1 heterocycles. The molecule has 1 aromatic heterocycles. The Hall–Kier alpha value is -2.72. The van der Waals surface area contributed by atoms with Crippen LogP contribution in [0.1, 0.15) is 16.1 Å². The van der Waals surface area contributed by atoms with Crippen LogP contribution in [0.5, 0.6) is 0 Å². The van der Waals surface area contributed by atoms with E-state index in [-0.39, 0.29) is 5.97 Å². The summed E-state index contributed by atoms with van der Waals surface area (Å²) in [7, 11) is 1.39. The quantitative estimate of drug-likeness (QED) is 0.506. The molecule has 3 nitrogen and oxygen atoms in total. The molecule has 0 aliphatic rings. The van der Waals surface area contributed by atoms with E-state index >= 15 is 0 Å². The van der Waals surface area contributed by atoms with E-state index in [4.69, 9.17) is 4.74 Å². The molecule has 120 valence electrons.